The summed E-state index contributed by atoms with van der Waals surface area (Å²) in [5.41, 5.74) is 0.108. The first-order chi connectivity index (χ1) is 12.8. The van der Waals surface area contributed by atoms with E-state index in [9.17, 15) is 22.8 Å². The first kappa shape index (κ1) is 18.9. The van der Waals surface area contributed by atoms with E-state index in [4.69, 9.17) is 0 Å². The van der Waals surface area contributed by atoms with Crippen molar-refractivity contribution in [3.8, 4) is 0 Å². The highest BCUT2D eigenvalue weighted by Gasteiger charge is 2.39. The molecule has 0 aliphatic carbocycles. The molecule has 1 amide bonds. The molecule has 0 radical (unpaired) electrons. The molecule has 0 unspecified atom stereocenters. The SMILES string of the molecule is Cn1c(C(F)(F)F)nn(C2CCN(C(=O)/C=C/c3ccccc3)CC2)c1=O. The Hall–Kier alpha value is -2.84. The summed E-state index contributed by atoms with van der Waals surface area (Å²) < 4.78 is 40.1. The second kappa shape index (κ2) is 7.42. The van der Waals surface area contributed by atoms with Gasteiger partial charge >= 0.3 is 11.9 Å². The molecule has 144 valence electrons. The zero-order valence-electron chi connectivity index (χ0n) is 14.7. The van der Waals surface area contributed by atoms with Crippen LogP contribution in [0.1, 0.15) is 30.3 Å². The third kappa shape index (κ3) is 4.12. The summed E-state index contributed by atoms with van der Waals surface area (Å²) in [6.07, 6.45) is -0.742. The zero-order valence-corrected chi connectivity index (χ0v) is 14.7. The highest BCUT2D eigenvalue weighted by molar-refractivity contribution is 5.91. The molecular formula is C18H19F3N4O2. The lowest BCUT2D eigenvalue weighted by Crippen LogP contribution is -2.40. The fraction of sp³-hybridized carbons (Fsp3) is 0.389. The van der Waals surface area contributed by atoms with E-state index in [2.05, 4.69) is 5.10 Å². The molecule has 1 saturated heterocycles. The molecule has 1 aliphatic rings. The van der Waals surface area contributed by atoms with E-state index in [1.165, 1.54) is 6.08 Å². The molecule has 1 aromatic carbocycles. The van der Waals surface area contributed by atoms with Crippen LogP contribution < -0.4 is 5.69 Å². The molecular weight excluding hydrogens is 361 g/mol. The average molecular weight is 380 g/mol. The van der Waals surface area contributed by atoms with Gasteiger partial charge in [0.1, 0.15) is 0 Å². The number of hydrogen-bond donors (Lipinski definition) is 0. The summed E-state index contributed by atoms with van der Waals surface area (Å²) in [7, 11) is 1.06. The molecule has 0 atom stereocenters. The molecule has 1 aliphatic heterocycles. The Labute approximate surface area is 153 Å². The maximum absolute atomic E-state index is 12.9. The highest BCUT2D eigenvalue weighted by atomic mass is 19.4. The highest BCUT2D eigenvalue weighted by Crippen LogP contribution is 2.28. The molecule has 0 spiro atoms. The summed E-state index contributed by atoms with van der Waals surface area (Å²) in [5.74, 6) is -1.38. The first-order valence-electron chi connectivity index (χ1n) is 8.52. The third-order valence-corrected chi connectivity index (χ3v) is 4.60. The van der Waals surface area contributed by atoms with Gasteiger partial charge in [0.05, 0.1) is 6.04 Å². The number of hydrogen-bond acceptors (Lipinski definition) is 3. The minimum absolute atomic E-state index is 0.165. The van der Waals surface area contributed by atoms with Gasteiger partial charge in [-0.15, -0.1) is 5.10 Å². The molecule has 9 heteroatoms. The normalized spacial score (nSPS) is 16.2. The van der Waals surface area contributed by atoms with Crippen molar-refractivity contribution in [2.24, 2.45) is 7.05 Å². The molecule has 1 fully saturated rings. The van der Waals surface area contributed by atoms with Crippen LogP contribution in [0.4, 0.5) is 13.2 Å². The Morgan fingerprint density at radius 2 is 1.81 bits per heavy atom. The van der Waals surface area contributed by atoms with Gasteiger partial charge in [-0.05, 0) is 24.5 Å². The second-order valence-corrected chi connectivity index (χ2v) is 6.41. The summed E-state index contributed by atoms with van der Waals surface area (Å²) in [4.78, 5) is 26.0. The Morgan fingerprint density at radius 3 is 2.37 bits per heavy atom. The van der Waals surface area contributed by atoms with Crippen molar-refractivity contribution < 1.29 is 18.0 Å². The van der Waals surface area contributed by atoms with E-state index in [1.807, 2.05) is 30.3 Å². The van der Waals surface area contributed by atoms with E-state index >= 15 is 0 Å². The lowest BCUT2D eigenvalue weighted by molar-refractivity contribution is -0.147. The van der Waals surface area contributed by atoms with Gasteiger partial charge in [0.15, 0.2) is 0 Å². The van der Waals surface area contributed by atoms with Crippen molar-refractivity contribution in [3.05, 3.63) is 58.3 Å². The molecule has 27 heavy (non-hydrogen) atoms. The van der Waals surface area contributed by atoms with Crippen LogP contribution in [-0.2, 0) is 18.0 Å². The number of benzene rings is 1. The number of carbonyl (C=O) groups is 1. The first-order valence-corrected chi connectivity index (χ1v) is 8.52. The largest absolute Gasteiger partial charge is 0.451 e. The number of halogens is 3. The van der Waals surface area contributed by atoms with Crippen LogP contribution in [0.3, 0.4) is 0 Å². The Morgan fingerprint density at radius 1 is 1.19 bits per heavy atom. The number of likely N-dealkylation sites (tertiary alicyclic amines) is 1. The third-order valence-electron chi connectivity index (χ3n) is 4.60. The smallest absolute Gasteiger partial charge is 0.339 e. The summed E-state index contributed by atoms with van der Waals surface area (Å²) in [6, 6.07) is 8.92. The predicted molar refractivity (Wildman–Crippen MR) is 92.8 cm³/mol. The van der Waals surface area contributed by atoms with Crippen LogP contribution in [0.25, 0.3) is 6.08 Å². The van der Waals surface area contributed by atoms with Gasteiger partial charge in [0, 0.05) is 26.2 Å². The lowest BCUT2D eigenvalue weighted by Gasteiger charge is -2.30. The molecule has 3 rings (SSSR count). The molecule has 0 N–H and O–H groups in total. The minimum atomic E-state index is -4.68. The lowest BCUT2D eigenvalue weighted by atomic mass is 10.1. The average Bonchev–Trinajstić information content (AvgIpc) is 2.96. The van der Waals surface area contributed by atoms with Crippen molar-refractivity contribution >= 4 is 12.0 Å². The van der Waals surface area contributed by atoms with Crippen LogP contribution in [0, 0.1) is 0 Å². The van der Waals surface area contributed by atoms with E-state index in [-0.39, 0.29) is 5.91 Å². The maximum Gasteiger partial charge on any atom is 0.451 e. The number of carbonyl (C=O) groups excluding carboxylic acids is 1. The van der Waals surface area contributed by atoms with Crippen LogP contribution in [-0.4, -0.2) is 38.2 Å². The topological polar surface area (TPSA) is 60.1 Å². The standard InChI is InChI=1S/C18H19F3N4O2/c1-23-16(18(19,20)21)22-25(17(23)27)14-9-11-24(12-10-14)15(26)8-7-13-5-3-2-4-6-13/h2-8,14H,9-12H2,1H3/b8-7+. The molecule has 2 aromatic rings. The molecule has 2 heterocycles. The van der Waals surface area contributed by atoms with E-state index in [0.29, 0.717) is 30.5 Å². The van der Waals surface area contributed by atoms with Gasteiger partial charge in [-0.1, -0.05) is 30.3 Å². The maximum atomic E-state index is 12.9. The predicted octanol–water partition coefficient (Wildman–Crippen LogP) is 2.48. The zero-order chi connectivity index (χ0) is 19.6. The molecule has 6 nitrogen and oxygen atoms in total. The van der Waals surface area contributed by atoms with Gasteiger partial charge < -0.3 is 4.90 Å². The summed E-state index contributed by atoms with van der Waals surface area (Å²) in [6.45, 7) is 0.708. The number of rotatable bonds is 3. The fourth-order valence-electron chi connectivity index (χ4n) is 3.11. The van der Waals surface area contributed by atoms with Gasteiger partial charge in [-0.25, -0.2) is 9.48 Å². The van der Waals surface area contributed by atoms with Crippen molar-refractivity contribution in [3.63, 3.8) is 0 Å². The number of alkyl halides is 3. The Kier molecular flexibility index (Phi) is 5.20. The van der Waals surface area contributed by atoms with Gasteiger partial charge in [-0.2, -0.15) is 13.2 Å². The quantitative estimate of drug-likeness (QED) is 0.769. The van der Waals surface area contributed by atoms with Gasteiger partial charge in [0.2, 0.25) is 11.7 Å². The summed E-state index contributed by atoms with van der Waals surface area (Å²) >= 11 is 0. The molecule has 1 aromatic heterocycles. The number of amides is 1. The van der Waals surface area contributed by atoms with Crippen LogP contribution >= 0.6 is 0 Å². The fourth-order valence-corrected chi connectivity index (χ4v) is 3.11. The van der Waals surface area contributed by atoms with Crippen molar-refractivity contribution in [1.82, 2.24) is 19.2 Å². The van der Waals surface area contributed by atoms with Crippen LogP contribution in [0.2, 0.25) is 0 Å². The number of piperidine rings is 1. The van der Waals surface area contributed by atoms with Crippen LogP contribution in [0.15, 0.2) is 41.2 Å². The van der Waals surface area contributed by atoms with Crippen molar-refractivity contribution in [2.45, 2.75) is 25.1 Å². The van der Waals surface area contributed by atoms with Gasteiger partial charge in [0.25, 0.3) is 0 Å². The van der Waals surface area contributed by atoms with Gasteiger partial charge in [-0.3, -0.25) is 9.36 Å². The molecule has 0 saturated carbocycles. The number of nitrogens with zero attached hydrogens (tertiary/aromatic N) is 4. The van der Waals surface area contributed by atoms with Crippen molar-refractivity contribution in [2.75, 3.05) is 13.1 Å². The van der Waals surface area contributed by atoms with Crippen LogP contribution in [0.5, 0.6) is 0 Å². The Balaban J connectivity index is 1.65. The monoisotopic (exact) mass is 380 g/mol. The van der Waals surface area contributed by atoms with E-state index in [1.54, 1.807) is 11.0 Å². The minimum Gasteiger partial charge on any atom is -0.339 e. The summed E-state index contributed by atoms with van der Waals surface area (Å²) in [5, 5.41) is 3.47. The van der Waals surface area contributed by atoms with E-state index in [0.717, 1.165) is 17.3 Å². The molecule has 0 bridgehead atoms. The van der Waals surface area contributed by atoms with E-state index < -0.39 is 23.7 Å². The Bertz CT molecular complexity index is 892. The van der Waals surface area contributed by atoms with Crippen molar-refractivity contribution in [1.29, 1.82) is 0 Å². The number of aromatic nitrogens is 3. The second-order valence-electron chi connectivity index (χ2n) is 6.41.